The van der Waals surface area contributed by atoms with Crippen LogP contribution in [0.25, 0.3) is 0 Å². The molecule has 0 heterocycles. The van der Waals surface area contributed by atoms with Crippen LogP contribution in [-0.4, -0.2) is 5.11 Å². The summed E-state index contributed by atoms with van der Waals surface area (Å²) in [5, 5.41) is 10.5. The van der Waals surface area contributed by atoms with E-state index in [2.05, 4.69) is 6.92 Å². The van der Waals surface area contributed by atoms with Crippen molar-refractivity contribution < 1.29 is 9.84 Å². The van der Waals surface area contributed by atoms with Crippen LogP contribution in [0.1, 0.15) is 25.0 Å². The number of hydrogen-bond acceptors (Lipinski definition) is 2. The van der Waals surface area contributed by atoms with Crippen LogP contribution in [0, 0.1) is 0 Å². The second kappa shape index (κ2) is 10.1. The standard InChI is InChI=1S/C14H13ClO.C8H9ClO/c1-2-11-10-13(8-9-14(11)15)16-12-6-4-3-5-7-12;1-2-6-5-7(10)3-4-8(6)9/h3-10H,2H2,1H3;3-5,10H,2H2,1H3. The van der Waals surface area contributed by atoms with Crippen molar-refractivity contribution >= 4 is 23.2 Å². The van der Waals surface area contributed by atoms with Gasteiger partial charge in [0.2, 0.25) is 0 Å². The average Bonchev–Trinajstić information content (AvgIpc) is 2.66. The highest BCUT2D eigenvalue weighted by molar-refractivity contribution is 6.31. The summed E-state index contributed by atoms with van der Waals surface area (Å²) in [6, 6.07) is 20.4. The van der Waals surface area contributed by atoms with E-state index in [1.165, 1.54) is 0 Å². The largest absolute Gasteiger partial charge is 0.508 e. The number of aromatic hydroxyl groups is 1. The molecule has 26 heavy (non-hydrogen) atoms. The highest BCUT2D eigenvalue weighted by atomic mass is 35.5. The summed E-state index contributed by atoms with van der Waals surface area (Å²) in [5.41, 5.74) is 2.09. The van der Waals surface area contributed by atoms with E-state index in [4.69, 9.17) is 33.0 Å². The van der Waals surface area contributed by atoms with E-state index >= 15 is 0 Å². The van der Waals surface area contributed by atoms with Gasteiger partial charge in [0.25, 0.3) is 0 Å². The van der Waals surface area contributed by atoms with Gasteiger partial charge in [-0.15, -0.1) is 0 Å². The average molecular weight is 389 g/mol. The fourth-order valence-corrected chi connectivity index (χ4v) is 2.84. The lowest BCUT2D eigenvalue weighted by atomic mass is 10.1. The molecule has 0 spiro atoms. The fraction of sp³-hybridized carbons (Fsp3) is 0.182. The molecule has 0 aromatic heterocycles. The molecule has 0 saturated heterocycles. The SMILES string of the molecule is CCc1cc(O)ccc1Cl.CCc1cc(Oc2ccccc2)ccc1Cl. The Morgan fingerprint density at radius 3 is 1.88 bits per heavy atom. The van der Waals surface area contributed by atoms with E-state index < -0.39 is 0 Å². The Morgan fingerprint density at radius 1 is 0.731 bits per heavy atom. The lowest BCUT2D eigenvalue weighted by Gasteiger charge is -2.07. The van der Waals surface area contributed by atoms with Crippen LogP contribution in [0.15, 0.2) is 66.7 Å². The van der Waals surface area contributed by atoms with Gasteiger partial charge in [-0.25, -0.2) is 0 Å². The molecule has 0 fully saturated rings. The molecule has 0 atom stereocenters. The summed E-state index contributed by atoms with van der Waals surface area (Å²) in [4.78, 5) is 0. The summed E-state index contributed by atoms with van der Waals surface area (Å²) in [6.07, 6.45) is 1.76. The number of rotatable bonds is 4. The number of benzene rings is 3. The fourth-order valence-electron chi connectivity index (χ4n) is 2.34. The number of aryl methyl sites for hydroxylation is 2. The molecule has 0 radical (unpaired) electrons. The number of halogens is 2. The van der Waals surface area contributed by atoms with Crippen LogP contribution < -0.4 is 4.74 Å². The second-order valence-electron chi connectivity index (χ2n) is 5.65. The third-order valence-electron chi connectivity index (χ3n) is 3.79. The maximum atomic E-state index is 9.01. The third kappa shape index (κ3) is 5.98. The van der Waals surface area contributed by atoms with E-state index in [-0.39, 0.29) is 5.75 Å². The molecule has 2 nitrogen and oxygen atoms in total. The molecule has 0 bridgehead atoms. The van der Waals surface area contributed by atoms with Gasteiger partial charge in [0.15, 0.2) is 0 Å². The first-order valence-electron chi connectivity index (χ1n) is 8.52. The lowest BCUT2D eigenvalue weighted by molar-refractivity contribution is 0.474. The summed E-state index contributed by atoms with van der Waals surface area (Å²) >= 11 is 11.8. The first-order valence-corrected chi connectivity index (χ1v) is 9.27. The Bertz CT molecular complexity index is 833. The zero-order chi connectivity index (χ0) is 18.9. The van der Waals surface area contributed by atoms with Crippen molar-refractivity contribution in [1.82, 2.24) is 0 Å². The quantitative estimate of drug-likeness (QED) is 0.507. The van der Waals surface area contributed by atoms with Crippen molar-refractivity contribution in [3.05, 3.63) is 87.9 Å². The van der Waals surface area contributed by atoms with Crippen LogP contribution >= 0.6 is 23.2 Å². The van der Waals surface area contributed by atoms with Crippen molar-refractivity contribution in [2.45, 2.75) is 26.7 Å². The topological polar surface area (TPSA) is 29.5 Å². The zero-order valence-electron chi connectivity index (χ0n) is 14.9. The van der Waals surface area contributed by atoms with Crippen molar-refractivity contribution in [2.24, 2.45) is 0 Å². The minimum atomic E-state index is 0.279. The first-order chi connectivity index (χ1) is 12.5. The molecular formula is C22H22Cl2O2. The number of hydrogen-bond donors (Lipinski definition) is 1. The number of phenolic OH excluding ortho intramolecular Hbond substituents is 1. The number of para-hydroxylation sites is 1. The smallest absolute Gasteiger partial charge is 0.127 e. The normalized spacial score (nSPS) is 10.0. The van der Waals surface area contributed by atoms with Gasteiger partial charge in [0.05, 0.1) is 0 Å². The van der Waals surface area contributed by atoms with Gasteiger partial charge >= 0.3 is 0 Å². The monoisotopic (exact) mass is 388 g/mol. The van der Waals surface area contributed by atoms with Crippen LogP contribution in [0.3, 0.4) is 0 Å². The predicted molar refractivity (Wildman–Crippen MR) is 110 cm³/mol. The molecule has 3 aromatic carbocycles. The van der Waals surface area contributed by atoms with Gasteiger partial charge in [-0.2, -0.15) is 0 Å². The van der Waals surface area contributed by atoms with Crippen LogP contribution in [0.2, 0.25) is 10.0 Å². The predicted octanol–water partition coefficient (Wildman–Crippen LogP) is 7.30. The summed E-state index contributed by atoms with van der Waals surface area (Å²) < 4.78 is 5.72. The molecule has 4 heteroatoms. The maximum absolute atomic E-state index is 9.01. The highest BCUT2D eigenvalue weighted by Gasteiger charge is 2.02. The van der Waals surface area contributed by atoms with Gasteiger partial charge < -0.3 is 9.84 Å². The van der Waals surface area contributed by atoms with Gasteiger partial charge in [-0.1, -0.05) is 55.2 Å². The molecule has 0 unspecified atom stereocenters. The van der Waals surface area contributed by atoms with Crippen molar-refractivity contribution in [1.29, 1.82) is 0 Å². The number of ether oxygens (including phenoxy) is 1. The molecule has 3 rings (SSSR count). The minimum absolute atomic E-state index is 0.279. The third-order valence-corrected chi connectivity index (χ3v) is 4.52. The molecule has 0 aliphatic heterocycles. The van der Waals surface area contributed by atoms with Crippen molar-refractivity contribution in [3.8, 4) is 17.2 Å². The number of phenols is 1. The van der Waals surface area contributed by atoms with Gasteiger partial charge in [0.1, 0.15) is 17.2 Å². The lowest BCUT2D eigenvalue weighted by Crippen LogP contribution is -1.87. The Morgan fingerprint density at radius 2 is 1.31 bits per heavy atom. The molecule has 0 aliphatic rings. The molecule has 1 N–H and O–H groups in total. The Balaban J connectivity index is 0.000000209. The van der Waals surface area contributed by atoms with Crippen LogP contribution in [0.5, 0.6) is 17.2 Å². The van der Waals surface area contributed by atoms with E-state index in [1.54, 1.807) is 18.2 Å². The van der Waals surface area contributed by atoms with E-state index in [0.717, 1.165) is 45.5 Å². The van der Waals surface area contributed by atoms with Gasteiger partial charge in [0, 0.05) is 10.0 Å². The van der Waals surface area contributed by atoms with Gasteiger partial charge in [-0.05, 0) is 72.5 Å². The summed E-state index contributed by atoms with van der Waals surface area (Å²) in [7, 11) is 0. The van der Waals surface area contributed by atoms with E-state index in [0.29, 0.717) is 0 Å². The molecule has 0 amide bonds. The highest BCUT2D eigenvalue weighted by Crippen LogP contribution is 2.26. The first kappa shape index (κ1) is 20.2. The minimum Gasteiger partial charge on any atom is -0.508 e. The Hall–Kier alpha value is -2.16. The summed E-state index contributed by atoms with van der Waals surface area (Å²) in [6.45, 7) is 4.08. The molecule has 0 aliphatic carbocycles. The Labute approximate surface area is 165 Å². The zero-order valence-corrected chi connectivity index (χ0v) is 16.4. The molecule has 3 aromatic rings. The maximum Gasteiger partial charge on any atom is 0.127 e. The van der Waals surface area contributed by atoms with E-state index in [9.17, 15) is 0 Å². The van der Waals surface area contributed by atoms with Crippen molar-refractivity contribution in [3.63, 3.8) is 0 Å². The second-order valence-corrected chi connectivity index (χ2v) is 6.47. The van der Waals surface area contributed by atoms with Crippen LogP contribution in [-0.2, 0) is 12.8 Å². The van der Waals surface area contributed by atoms with Crippen molar-refractivity contribution in [2.75, 3.05) is 0 Å². The molecular weight excluding hydrogens is 367 g/mol. The Kier molecular flexibility index (Phi) is 7.83. The van der Waals surface area contributed by atoms with E-state index in [1.807, 2.05) is 55.5 Å². The summed E-state index contributed by atoms with van der Waals surface area (Å²) in [5.74, 6) is 1.94. The van der Waals surface area contributed by atoms with Gasteiger partial charge in [-0.3, -0.25) is 0 Å². The van der Waals surface area contributed by atoms with Crippen LogP contribution in [0.4, 0.5) is 0 Å². The molecule has 0 saturated carbocycles. The molecule has 136 valence electrons.